The molecule has 0 spiro atoms. The van der Waals surface area contributed by atoms with Crippen molar-refractivity contribution < 1.29 is 39.4 Å². The smallest absolute Gasteiger partial charge is 0.305 e. The molecule has 29 heavy (non-hydrogen) atoms. The molecule has 0 amide bonds. The first kappa shape index (κ1) is 28.2. The molecule has 0 unspecified atom stereocenters. The van der Waals surface area contributed by atoms with Gasteiger partial charge in [-0.15, -0.1) is 0 Å². The van der Waals surface area contributed by atoms with E-state index in [1.807, 2.05) is 0 Å². The van der Waals surface area contributed by atoms with E-state index < -0.39 is 18.3 Å². The Bertz CT molecular complexity index is 363. The zero-order valence-corrected chi connectivity index (χ0v) is 18.0. The average molecular weight is 423 g/mol. The molecule has 8 heteroatoms. The normalized spacial score (nSPS) is 13.6. The summed E-state index contributed by atoms with van der Waals surface area (Å²) < 4.78 is 15.8. The second-order valence-corrected chi connectivity index (χ2v) is 7.33. The van der Waals surface area contributed by atoms with Gasteiger partial charge in [0.2, 0.25) is 0 Å². The summed E-state index contributed by atoms with van der Waals surface area (Å²) in [6, 6.07) is 0. The van der Waals surface area contributed by atoms with Gasteiger partial charge in [-0.25, -0.2) is 0 Å². The van der Waals surface area contributed by atoms with Crippen LogP contribution >= 0.6 is 0 Å². The first-order chi connectivity index (χ1) is 14.1. The van der Waals surface area contributed by atoms with Crippen molar-refractivity contribution in [1.29, 1.82) is 0 Å². The van der Waals surface area contributed by atoms with Crippen molar-refractivity contribution in [2.24, 2.45) is 0 Å². The molecule has 0 heterocycles. The number of aliphatic hydroxyl groups is 4. The minimum Gasteiger partial charge on any atom is -0.463 e. The number of hydrogen-bond donors (Lipinski definition) is 4. The zero-order chi connectivity index (χ0) is 21.7. The Balaban J connectivity index is 3.82. The van der Waals surface area contributed by atoms with Crippen LogP contribution in [0.4, 0.5) is 0 Å². The highest BCUT2D eigenvalue weighted by Crippen LogP contribution is 2.11. The number of unbranched alkanes of at least 4 members (excludes halogenated alkanes) is 8. The van der Waals surface area contributed by atoms with Gasteiger partial charge in [0.1, 0.15) is 24.9 Å². The molecule has 0 fully saturated rings. The van der Waals surface area contributed by atoms with Crippen molar-refractivity contribution in [3.8, 4) is 0 Å². The summed E-state index contributed by atoms with van der Waals surface area (Å²) in [4.78, 5) is 11.8. The highest BCUT2D eigenvalue weighted by atomic mass is 16.6. The van der Waals surface area contributed by atoms with E-state index in [0.717, 1.165) is 19.3 Å². The molecule has 0 saturated heterocycles. The Morgan fingerprint density at radius 3 is 1.72 bits per heavy atom. The third kappa shape index (κ3) is 16.7. The molecule has 0 radical (unpaired) electrons. The van der Waals surface area contributed by atoms with Gasteiger partial charge in [0.25, 0.3) is 0 Å². The topological polar surface area (TPSA) is 126 Å². The first-order valence-electron chi connectivity index (χ1n) is 11.0. The maximum atomic E-state index is 11.8. The third-order valence-electron chi connectivity index (χ3n) is 4.63. The number of hydrogen-bond acceptors (Lipinski definition) is 8. The van der Waals surface area contributed by atoms with E-state index in [2.05, 4.69) is 6.92 Å². The van der Waals surface area contributed by atoms with E-state index in [4.69, 9.17) is 24.4 Å². The van der Waals surface area contributed by atoms with Crippen LogP contribution in [0, 0.1) is 0 Å². The molecular formula is C21H42O8. The Morgan fingerprint density at radius 2 is 1.21 bits per heavy atom. The minimum atomic E-state index is -0.808. The Morgan fingerprint density at radius 1 is 0.690 bits per heavy atom. The van der Waals surface area contributed by atoms with Crippen molar-refractivity contribution in [3.05, 3.63) is 0 Å². The van der Waals surface area contributed by atoms with Crippen molar-refractivity contribution in [2.45, 2.75) is 89.4 Å². The molecule has 0 aliphatic carbocycles. The molecular weight excluding hydrogens is 380 g/mol. The molecule has 0 aromatic heterocycles. The Kier molecular flexibility index (Phi) is 20.0. The average Bonchev–Trinajstić information content (AvgIpc) is 2.74. The van der Waals surface area contributed by atoms with E-state index in [1.165, 1.54) is 38.5 Å². The van der Waals surface area contributed by atoms with E-state index in [9.17, 15) is 15.0 Å². The number of esters is 1. The lowest BCUT2D eigenvalue weighted by Gasteiger charge is -2.23. The predicted octanol–water partition coefficient (Wildman–Crippen LogP) is 1.56. The van der Waals surface area contributed by atoms with Gasteiger partial charge in [-0.05, 0) is 6.42 Å². The summed E-state index contributed by atoms with van der Waals surface area (Å²) in [6.07, 6.45) is 8.64. The fourth-order valence-electron chi connectivity index (χ4n) is 2.79. The van der Waals surface area contributed by atoms with Crippen molar-refractivity contribution in [2.75, 3.05) is 39.6 Å². The molecule has 0 aliphatic rings. The van der Waals surface area contributed by atoms with Crippen LogP contribution in [0.5, 0.6) is 0 Å². The van der Waals surface area contributed by atoms with Crippen LogP contribution in [0.1, 0.15) is 71.1 Å². The van der Waals surface area contributed by atoms with E-state index in [-0.39, 0.29) is 45.6 Å². The van der Waals surface area contributed by atoms with Gasteiger partial charge in [-0.2, -0.15) is 0 Å². The molecule has 0 aliphatic heterocycles. The van der Waals surface area contributed by atoms with Gasteiger partial charge in [0, 0.05) is 6.42 Å². The number of carbonyl (C=O) groups is 1. The summed E-state index contributed by atoms with van der Waals surface area (Å²) in [7, 11) is 0. The van der Waals surface area contributed by atoms with Gasteiger partial charge < -0.3 is 34.6 Å². The fraction of sp³-hybridized carbons (Fsp3) is 0.952. The fourth-order valence-corrected chi connectivity index (χ4v) is 2.79. The molecule has 0 saturated carbocycles. The maximum Gasteiger partial charge on any atom is 0.305 e. The second kappa shape index (κ2) is 20.5. The van der Waals surface area contributed by atoms with Crippen LogP contribution in [0.3, 0.4) is 0 Å². The monoisotopic (exact) mass is 422 g/mol. The zero-order valence-electron chi connectivity index (χ0n) is 18.0. The SMILES string of the molecule is CCCCCCCCCCCC(=O)OC[C@@H](CO)OC[C@H](CO)OC(CO)CO. The molecule has 0 rings (SSSR count). The highest BCUT2D eigenvalue weighted by molar-refractivity contribution is 5.69. The van der Waals surface area contributed by atoms with Crippen molar-refractivity contribution in [1.82, 2.24) is 0 Å². The molecule has 174 valence electrons. The maximum absolute atomic E-state index is 11.8. The lowest BCUT2D eigenvalue weighted by molar-refractivity contribution is -0.154. The summed E-state index contributed by atoms with van der Waals surface area (Å²) in [5.41, 5.74) is 0. The van der Waals surface area contributed by atoms with Gasteiger partial charge in [0.05, 0.1) is 33.0 Å². The van der Waals surface area contributed by atoms with Gasteiger partial charge >= 0.3 is 5.97 Å². The van der Waals surface area contributed by atoms with Crippen LogP contribution in [-0.2, 0) is 19.0 Å². The molecule has 4 N–H and O–H groups in total. The van der Waals surface area contributed by atoms with Gasteiger partial charge in [-0.3, -0.25) is 4.79 Å². The van der Waals surface area contributed by atoms with E-state index in [1.54, 1.807) is 0 Å². The number of carbonyl (C=O) groups excluding carboxylic acids is 1. The van der Waals surface area contributed by atoms with Crippen LogP contribution in [0.15, 0.2) is 0 Å². The number of rotatable bonds is 21. The Labute approximate surface area is 175 Å². The van der Waals surface area contributed by atoms with Crippen LogP contribution in [0.2, 0.25) is 0 Å². The molecule has 0 aromatic rings. The largest absolute Gasteiger partial charge is 0.463 e. The molecule has 0 bridgehead atoms. The van der Waals surface area contributed by atoms with E-state index >= 15 is 0 Å². The molecule has 8 nitrogen and oxygen atoms in total. The van der Waals surface area contributed by atoms with Gasteiger partial charge in [-0.1, -0.05) is 58.3 Å². The number of aliphatic hydroxyl groups excluding tert-OH is 4. The molecule has 2 atom stereocenters. The minimum absolute atomic E-state index is 0.0615. The lowest BCUT2D eigenvalue weighted by atomic mass is 10.1. The standard InChI is InChI=1S/C21H42O8/c1-2-3-4-5-6-7-8-9-10-11-21(26)28-16-19(14-24)27-17-20(15-25)29-18(12-22)13-23/h18-20,22-25H,2-17H2,1H3/t19-,20+/m1/s1. The summed E-state index contributed by atoms with van der Waals surface area (Å²) in [6.45, 7) is 0.600. The van der Waals surface area contributed by atoms with E-state index in [0.29, 0.717) is 6.42 Å². The van der Waals surface area contributed by atoms with Crippen LogP contribution in [0.25, 0.3) is 0 Å². The summed E-state index contributed by atoms with van der Waals surface area (Å²) in [5.74, 6) is -0.314. The highest BCUT2D eigenvalue weighted by Gasteiger charge is 2.18. The lowest BCUT2D eigenvalue weighted by Crippen LogP contribution is -2.36. The van der Waals surface area contributed by atoms with Crippen LogP contribution in [-0.4, -0.2) is 84.3 Å². The second-order valence-electron chi connectivity index (χ2n) is 7.33. The number of ether oxygens (including phenoxy) is 3. The van der Waals surface area contributed by atoms with Crippen molar-refractivity contribution in [3.63, 3.8) is 0 Å². The quantitative estimate of drug-likeness (QED) is 0.162. The summed E-state index contributed by atoms with van der Waals surface area (Å²) >= 11 is 0. The third-order valence-corrected chi connectivity index (χ3v) is 4.63. The predicted molar refractivity (Wildman–Crippen MR) is 110 cm³/mol. The van der Waals surface area contributed by atoms with Crippen molar-refractivity contribution >= 4 is 5.97 Å². The van der Waals surface area contributed by atoms with Gasteiger partial charge in [0.15, 0.2) is 0 Å². The summed E-state index contributed by atoms with van der Waals surface area (Å²) in [5, 5.41) is 36.6. The first-order valence-corrected chi connectivity index (χ1v) is 11.0. The van der Waals surface area contributed by atoms with Crippen LogP contribution < -0.4 is 0 Å². The Hall–Kier alpha value is -0.770. The molecule has 0 aromatic carbocycles.